The molecule has 0 radical (unpaired) electrons. The van der Waals surface area contributed by atoms with Crippen LogP contribution in [0.4, 0.5) is 0 Å². The summed E-state index contributed by atoms with van der Waals surface area (Å²) in [6.07, 6.45) is 25.2. The summed E-state index contributed by atoms with van der Waals surface area (Å²) in [5, 5.41) is 4.61. The molecular weight excluding hydrogens is 424 g/mol. The second kappa shape index (κ2) is 15.1. The molecule has 0 N–H and O–H groups in total. The Bertz CT molecular complexity index is 727. The molecule has 1 aliphatic carbocycles. The molecule has 0 saturated heterocycles. The Morgan fingerprint density at radius 1 is 0.531 bits per heavy atom. The highest BCUT2D eigenvalue weighted by molar-refractivity contribution is 7.21. The van der Waals surface area contributed by atoms with Crippen molar-refractivity contribution in [1.82, 2.24) is 0 Å². The highest BCUT2D eigenvalue weighted by Gasteiger charge is 2.27. The van der Waals surface area contributed by atoms with Gasteiger partial charge in [-0.3, -0.25) is 0 Å². The maximum absolute atomic E-state index is 2.39. The van der Waals surface area contributed by atoms with E-state index in [1.54, 1.807) is 22.3 Å². The molecule has 0 fully saturated rings. The van der Waals surface area contributed by atoms with E-state index in [1.165, 1.54) is 125 Å². The molecule has 0 atom stereocenters. The van der Waals surface area contributed by atoms with Gasteiger partial charge in [-0.1, -0.05) is 109 Å². The molecule has 0 amide bonds. The Balaban J connectivity index is 1.54. The highest BCUT2D eigenvalue weighted by atomic mass is 32.1. The van der Waals surface area contributed by atoms with Crippen LogP contribution in [-0.2, 0) is 0 Å². The fourth-order valence-corrected chi connectivity index (χ4v) is 7.21. The Morgan fingerprint density at radius 3 is 1.31 bits per heavy atom. The van der Waals surface area contributed by atoms with Gasteiger partial charge in [0.15, 0.2) is 0 Å². The number of allylic oxidation sites excluding steroid dienone is 1. The van der Waals surface area contributed by atoms with Crippen LogP contribution < -0.4 is 0 Å². The van der Waals surface area contributed by atoms with Gasteiger partial charge in [-0.2, -0.15) is 0 Å². The molecule has 1 aliphatic rings. The Kier molecular flexibility index (Phi) is 12.2. The van der Waals surface area contributed by atoms with Crippen LogP contribution in [0.2, 0.25) is 0 Å². The first-order chi connectivity index (χ1) is 15.9. The van der Waals surface area contributed by atoms with E-state index in [4.69, 9.17) is 0 Å². The van der Waals surface area contributed by atoms with Gasteiger partial charge in [-0.25, -0.2) is 0 Å². The van der Waals surface area contributed by atoms with Crippen LogP contribution in [0.1, 0.15) is 141 Å². The molecule has 32 heavy (non-hydrogen) atoms. The van der Waals surface area contributed by atoms with Crippen molar-refractivity contribution in [2.45, 2.75) is 129 Å². The van der Waals surface area contributed by atoms with Crippen molar-refractivity contribution in [3.8, 4) is 9.75 Å². The van der Waals surface area contributed by atoms with E-state index in [2.05, 4.69) is 36.7 Å². The summed E-state index contributed by atoms with van der Waals surface area (Å²) in [5.41, 5.74) is 6.49. The number of thiophene rings is 2. The van der Waals surface area contributed by atoms with Crippen molar-refractivity contribution < 1.29 is 0 Å². The normalized spacial score (nSPS) is 12.4. The maximum Gasteiger partial charge on any atom is 0.0527 e. The first-order valence-corrected chi connectivity index (χ1v) is 15.5. The quantitative estimate of drug-likeness (QED) is 0.162. The second-order valence-electron chi connectivity index (χ2n) is 9.76. The number of unbranched alkanes of at least 4 members (excludes halogenated alkanes) is 14. The zero-order valence-electron chi connectivity index (χ0n) is 20.9. The van der Waals surface area contributed by atoms with Crippen LogP contribution in [0.25, 0.3) is 15.3 Å². The molecule has 3 rings (SSSR count). The van der Waals surface area contributed by atoms with E-state index in [0.717, 1.165) is 0 Å². The van der Waals surface area contributed by atoms with Crippen LogP contribution in [-0.4, -0.2) is 0 Å². The average molecular weight is 471 g/mol. The van der Waals surface area contributed by atoms with Crippen LogP contribution in [0.3, 0.4) is 0 Å². The standard InChI is InChI=1S/C30H46S2/c1-3-5-7-9-11-13-15-17-19-25(20-18-16-14-12-10-8-6-4-2)28-26-21-23-31-29(26)30-27(28)22-24-32-30/h21-24H,3-20H2,1-2H3. The largest absolute Gasteiger partial charge is 0.142 e. The molecule has 178 valence electrons. The van der Waals surface area contributed by atoms with E-state index in [1.807, 2.05) is 22.7 Å². The SMILES string of the molecule is CCCCCCCCCCC(CCCCCCCCCC)=C1c2ccsc2-c2sccc21. The summed E-state index contributed by atoms with van der Waals surface area (Å²) in [6, 6.07) is 4.78. The van der Waals surface area contributed by atoms with Crippen LogP contribution >= 0.6 is 22.7 Å². The van der Waals surface area contributed by atoms with Crippen LogP contribution in [0, 0.1) is 0 Å². The van der Waals surface area contributed by atoms with Gasteiger partial charge >= 0.3 is 0 Å². The minimum absolute atomic E-state index is 1.31. The summed E-state index contributed by atoms with van der Waals surface area (Å²) >= 11 is 3.88. The third-order valence-electron chi connectivity index (χ3n) is 7.09. The van der Waals surface area contributed by atoms with Gasteiger partial charge in [0.25, 0.3) is 0 Å². The van der Waals surface area contributed by atoms with E-state index < -0.39 is 0 Å². The number of hydrogen-bond donors (Lipinski definition) is 0. The molecule has 2 aromatic heterocycles. The molecule has 0 unspecified atom stereocenters. The van der Waals surface area contributed by atoms with Crippen molar-refractivity contribution in [3.63, 3.8) is 0 Å². The first kappa shape index (κ1) is 25.8. The molecule has 0 bridgehead atoms. The van der Waals surface area contributed by atoms with Gasteiger partial charge in [0.05, 0.1) is 9.75 Å². The fraction of sp³-hybridized carbons (Fsp3) is 0.667. The monoisotopic (exact) mass is 470 g/mol. The van der Waals surface area contributed by atoms with E-state index >= 15 is 0 Å². The molecule has 2 aromatic rings. The van der Waals surface area contributed by atoms with Crippen molar-refractivity contribution >= 4 is 28.2 Å². The van der Waals surface area contributed by atoms with E-state index in [-0.39, 0.29) is 0 Å². The minimum atomic E-state index is 1.31. The highest BCUT2D eigenvalue weighted by Crippen LogP contribution is 2.52. The van der Waals surface area contributed by atoms with Gasteiger partial charge in [-0.05, 0) is 54.1 Å². The third kappa shape index (κ3) is 7.59. The number of fused-ring (bicyclic) bond motifs is 3. The lowest BCUT2D eigenvalue weighted by molar-refractivity contribution is 0.561. The maximum atomic E-state index is 2.39. The van der Waals surface area contributed by atoms with Crippen molar-refractivity contribution in [1.29, 1.82) is 0 Å². The summed E-state index contributed by atoms with van der Waals surface area (Å²) in [4.78, 5) is 3.07. The van der Waals surface area contributed by atoms with E-state index in [9.17, 15) is 0 Å². The summed E-state index contributed by atoms with van der Waals surface area (Å²) in [6.45, 7) is 4.62. The molecule has 0 aliphatic heterocycles. The molecular formula is C30H46S2. The lowest BCUT2D eigenvalue weighted by Crippen LogP contribution is -1.93. The van der Waals surface area contributed by atoms with Crippen molar-refractivity contribution in [2.75, 3.05) is 0 Å². The van der Waals surface area contributed by atoms with Gasteiger partial charge in [-0.15, -0.1) is 22.7 Å². The Morgan fingerprint density at radius 2 is 0.906 bits per heavy atom. The van der Waals surface area contributed by atoms with Gasteiger partial charge < -0.3 is 0 Å². The molecule has 0 spiro atoms. The summed E-state index contributed by atoms with van der Waals surface area (Å²) in [5.74, 6) is 0. The fourth-order valence-electron chi connectivity index (χ4n) is 5.21. The molecule has 0 saturated carbocycles. The Labute approximate surface area is 206 Å². The van der Waals surface area contributed by atoms with Gasteiger partial charge in [0.2, 0.25) is 0 Å². The zero-order chi connectivity index (χ0) is 22.4. The summed E-state index contributed by atoms with van der Waals surface area (Å²) < 4.78 is 0. The lowest BCUT2D eigenvalue weighted by atomic mass is 9.91. The number of rotatable bonds is 18. The first-order valence-electron chi connectivity index (χ1n) is 13.7. The second-order valence-corrected chi connectivity index (χ2v) is 11.6. The minimum Gasteiger partial charge on any atom is -0.142 e. The third-order valence-corrected chi connectivity index (χ3v) is 9.09. The summed E-state index contributed by atoms with van der Waals surface area (Å²) in [7, 11) is 0. The lowest BCUT2D eigenvalue weighted by Gasteiger charge is -2.13. The Hall–Kier alpha value is -0.860. The smallest absolute Gasteiger partial charge is 0.0527 e. The van der Waals surface area contributed by atoms with Crippen LogP contribution in [0.5, 0.6) is 0 Å². The van der Waals surface area contributed by atoms with Crippen molar-refractivity contribution in [3.05, 3.63) is 39.6 Å². The van der Waals surface area contributed by atoms with Crippen molar-refractivity contribution in [2.24, 2.45) is 0 Å². The average Bonchev–Trinajstić information content (AvgIpc) is 3.51. The van der Waals surface area contributed by atoms with Gasteiger partial charge in [0, 0.05) is 11.1 Å². The predicted molar refractivity (Wildman–Crippen MR) is 148 cm³/mol. The number of hydrogen-bond acceptors (Lipinski definition) is 2. The topological polar surface area (TPSA) is 0 Å². The zero-order valence-corrected chi connectivity index (χ0v) is 22.5. The molecule has 0 aromatic carbocycles. The molecule has 2 heterocycles. The van der Waals surface area contributed by atoms with E-state index in [0.29, 0.717) is 0 Å². The van der Waals surface area contributed by atoms with Gasteiger partial charge in [0.1, 0.15) is 0 Å². The predicted octanol–water partition coefficient (Wildman–Crippen LogP) is 11.7. The molecule has 0 nitrogen and oxygen atoms in total. The van der Waals surface area contributed by atoms with Crippen LogP contribution in [0.15, 0.2) is 28.5 Å². The molecule has 2 heteroatoms.